The highest BCUT2D eigenvalue weighted by Gasteiger charge is 2.23. The second-order valence-electron chi connectivity index (χ2n) is 5.63. The van der Waals surface area contributed by atoms with E-state index in [1.807, 2.05) is 52.0 Å². The number of rotatable bonds is 4. The lowest BCUT2D eigenvalue weighted by Crippen LogP contribution is -2.11. The van der Waals surface area contributed by atoms with Crippen LogP contribution in [0.25, 0.3) is 11.1 Å². The number of carbonyl (C=O) groups excluding carboxylic acids is 1. The standard InChI is InChI=1S/C17H21NO2S/c1-10(2)9-20-17(19)15-14(12(4)21-16(15)18)13-7-5-11(3)6-8-13/h5-8,10H,9,18H2,1-4H3. The highest BCUT2D eigenvalue weighted by molar-refractivity contribution is 7.16. The molecular weight excluding hydrogens is 282 g/mol. The average Bonchev–Trinajstić information content (AvgIpc) is 2.72. The smallest absolute Gasteiger partial charge is 0.341 e. The minimum absolute atomic E-state index is 0.303. The third-order valence-electron chi connectivity index (χ3n) is 3.20. The summed E-state index contributed by atoms with van der Waals surface area (Å²) in [4.78, 5) is 13.4. The van der Waals surface area contributed by atoms with Gasteiger partial charge in [0.15, 0.2) is 0 Å². The Balaban J connectivity index is 2.42. The molecule has 1 aromatic carbocycles. The number of aryl methyl sites for hydroxylation is 2. The number of esters is 1. The SMILES string of the molecule is Cc1ccc(-c2c(C)sc(N)c2C(=O)OCC(C)C)cc1. The van der Waals surface area contributed by atoms with Gasteiger partial charge in [0.2, 0.25) is 0 Å². The van der Waals surface area contributed by atoms with E-state index in [9.17, 15) is 4.79 Å². The molecule has 0 saturated carbocycles. The monoisotopic (exact) mass is 303 g/mol. The summed E-state index contributed by atoms with van der Waals surface area (Å²) in [7, 11) is 0. The molecule has 0 radical (unpaired) electrons. The van der Waals surface area contributed by atoms with Crippen LogP contribution >= 0.6 is 11.3 Å². The Morgan fingerprint density at radius 1 is 1.24 bits per heavy atom. The molecule has 112 valence electrons. The molecule has 1 heterocycles. The third-order valence-corrected chi connectivity index (χ3v) is 4.14. The Labute approximate surface area is 129 Å². The molecule has 0 fully saturated rings. The number of nitrogen functional groups attached to an aromatic ring is 1. The second-order valence-corrected chi connectivity index (χ2v) is 6.89. The molecule has 3 nitrogen and oxygen atoms in total. The molecule has 1 aromatic heterocycles. The van der Waals surface area contributed by atoms with Crippen LogP contribution in [-0.2, 0) is 4.74 Å². The van der Waals surface area contributed by atoms with Gasteiger partial charge in [-0.05, 0) is 25.3 Å². The van der Waals surface area contributed by atoms with Crippen molar-refractivity contribution in [2.75, 3.05) is 12.3 Å². The van der Waals surface area contributed by atoms with Gasteiger partial charge in [0.25, 0.3) is 0 Å². The van der Waals surface area contributed by atoms with E-state index in [0.29, 0.717) is 23.1 Å². The molecule has 0 bridgehead atoms. The van der Waals surface area contributed by atoms with Crippen molar-refractivity contribution in [2.24, 2.45) is 5.92 Å². The summed E-state index contributed by atoms with van der Waals surface area (Å²) < 4.78 is 5.36. The quantitative estimate of drug-likeness (QED) is 0.850. The van der Waals surface area contributed by atoms with Crippen molar-refractivity contribution in [3.63, 3.8) is 0 Å². The molecule has 4 heteroatoms. The Morgan fingerprint density at radius 3 is 2.43 bits per heavy atom. The summed E-state index contributed by atoms with van der Waals surface area (Å²) in [5.74, 6) is -0.0288. The van der Waals surface area contributed by atoms with Crippen LogP contribution in [-0.4, -0.2) is 12.6 Å². The van der Waals surface area contributed by atoms with E-state index < -0.39 is 0 Å². The minimum Gasteiger partial charge on any atom is -0.462 e. The van der Waals surface area contributed by atoms with Gasteiger partial charge in [-0.1, -0.05) is 43.7 Å². The van der Waals surface area contributed by atoms with Gasteiger partial charge in [-0.15, -0.1) is 11.3 Å². The first-order chi connectivity index (χ1) is 9.90. The maximum absolute atomic E-state index is 12.3. The zero-order valence-corrected chi connectivity index (χ0v) is 13.7. The van der Waals surface area contributed by atoms with Crippen LogP contribution in [0.4, 0.5) is 5.00 Å². The van der Waals surface area contributed by atoms with Crippen LogP contribution in [0.2, 0.25) is 0 Å². The maximum Gasteiger partial charge on any atom is 0.341 e. The fraction of sp³-hybridized carbons (Fsp3) is 0.353. The minimum atomic E-state index is -0.332. The van der Waals surface area contributed by atoms with Crippen LogP contribution in [0, 0.1) is 19.8 Å². The van der Waals surface area contributed by atoms with Crippen LogP contribution < -0.4 is 5.73 Å². The fourth-order valence-electron chi connectivity index (χ4n) is 2.15. The number of ether oxygens (including phenoxy) is 1. The Hall–Kier alpha value is -1.81. The number of hydrogen-bond donors (Lipinski definition) is 1. The predicted octanol–water partition coefficient (Wildman–Crippen LogP) is 4.43. The lowest BCUT2D eigenvalue weighted by atomic mass is 10.0. The molecule has 0 aliphatic rings. The molecule has 0 spiro atoms. The third kappa shape index (κ3) is 3.45. The fourth-order valence-corrected chi connectivity index (χ4v) is 3.09. The van der Waals surface area contributed by atoms with E-state index in [1.54, 1.807) is 0 Å². The molecule has 2 rings (SSSR count). The molecule has 0 saturated heterocycles. The molecule has 21 heavy (non-hydrogen) atoms. The van der Waals surface area contributed by atoms with Crippen LogP contribution in [0.15, 0.2) is 24.3 Å². The summed E-state index contributed by atoms with van der Waals surface area (Å²) in [5.41, 5.74) is 9.62. The van der Waals surface area contributed by atoms with E-state index in [0.717, 1.165) is 16.0 Å². The molecule has 2 aromatic rings. The van der Waals surface area contributed by atoms with Crippen molar-refractivity contribution in [3.8, 4) is 11.1 Å². The highest BCUT2D eigenvalue weighted by Crippen LogP contribution is 2.38. The first-order valence-corrected chi connectivity index (χ1v) is 7.84. The normalized spacial score (nSPS) is 10.9. The van der Waals surface area contributed by atoms with Crippen molar-refractivity contribution >= 4 is 22.3 Å². The van der Waals surface area contributed by atoms with Gasteiger partial charge in [-0.25, -0.2) is 4.79 Å². The molecule has 0 atom stereocenters. The van der Waals surface area contributed by atoms with Crippen molar-refractivity contribution in [3.05, 3.63) is 40.3 Å². The Kier molecular flexibility index (Phi) is 4.68. The predicted molar refractivity (Wildman–Crippen MR) is 88.8 cm³/mol. The van der Waals surface area contributed by atoms with E-state index in [-0.39, 0.29) is 5.97 Å². The Morgan fingerprint density at radius 2 is 1.86 bits per heavy atom. The van der Waals surface area contributed by atoms with Crippen LogP contribution in [0.5, 0.6) is 0 Å². The van der Waals surface area contributed by atoms with E-state index in [4.69, 9.17) is 10.5 Å². The largest absolute Gasteiger partial charge is 0.462 e. The summed E-state index contributed by atoms with van der Waals surface area (Å²) in [6.07, 6.45) is 0. The number of nitrogens with two attached hydrogens (primary N) is 1. The number of carbonyl (C=O) groups is 1. The number of anilines is 1. The van der Waals surface area contributed by atoms with Gasteiger partial charge >= 0.3 is 5.97 Å². The number of thiophene rings is 1. The average molecular weight is 303 g/mol. The van der Waals surface area contributed by atoms with Gasteiger partial charge in [0.1, 0.15) is 10.6 Å². The lowest BCUT2D eigenvalue weighted by molar-refractivity contribution is 0.0461. The van der Waals surface area contributed by atoms with Crippen molar-refractivity contribution in [1.82, 2.24) is 0 Å². The zero-order valence-electron chi connectivity index (χ0n) is 12.9. The molecule has 0 aliphatic heterocycles. The first kappa shape index (κ1) is 15.6. The van der Waals surface area contributed by atoms with Gasteiger partial charge in [0.05, 0.1) is 6.61 Å². The van der Waals surface area contributed by atoms with Crippen LogP contribution in [0.3, 0.4) is 0 Å². The lowest BCUT2D eigenvalue weighted by Gasteiger charge is -2.10. The van der Waals surface area contributed by atoms with Crippen molar-refractivity contribution in [2.45, 2.75) is 27.7 Å². The topological polar surface area (TPSA) is 52.3 Å². The van der Waals surface area contributed by atoms with E-state index in [1.165, 1.54) is 16.9 Å². The molecular formula is C17H21NO2S. The Bertz CT molecular complexity index is 642. The number of benzene rings is 1. The molecule has 2 N–H and O–H groups in total. The molecule has 0 unspecified atom stereocenters. The first-order valence-electron chi connectivity index (χ1n) is 7.03. The van der Waals surface area contributed by atoms with Crippen LogP contribution in [0.1, 0.15) is 34.6 Å². The molecule has 0 amide bonds. The molecule has 0 aliphatic carbocycles. The summed E-state index contributed by atoms with van der Waals surface area (Å²) in [6.45, 7) is 8.44. The van der Waals surface area contributed by atoms with Gasteiger partial charge < -0.3 is 10.5 Å². The summed E-state index contributed by atoms with van der Waals surface area (Å²) in [5, 5.41) is 0.525. The second kappa shape index (κ2) is 6.31. The highest BCUT2D eigenvalue weighted by atomic mass is 32.1. The van der Waals surface area contributed by atoms with Gasteiger partial charge in [-0.3, -0.25) is 0 Å². The van der Waals surface area contributed by atoms with E-state index >= 15 is 0 Å². The van der Waals surface area contributed by atoms with Gasteiger partial charge in [-0.2, -0.15) is 0 Å². The maximum atomic E-state index is 12.3. The summed E-state index contributed by atoms with van der Waals surface area (Å²) >= 11 is 1.43. The van der Waals surface area contributed by atoms with Gasteiger partial charge in [0, 0.05) is 10.4 Å². The zero-order chi connectivity index (χ0) is 15.6. The van der Waals surface area contributed by atoms with Crippen molar-refractivity contribution < 1.29 is 9.53 Å². The van der Waals surface area contributed by atoms with Crippen molar-refractivity contribution in [1.29, 1.82) is 0 Å². The summed E-state index contributed by atoms with van der Waals surface area (Å²) in [6, 6.07) is 8.10. The number of hydrogen-bond acceptors (Lipinski definition) is 4. The van der Waals surface area contributed by atoms with E-state index in [2.05, 4.69) is 0 Å².